The molecule has 1 aliphatic rings. The Morgan fingerprint density at radius 2 is 1.92 bits per heavy atom. The molecule has 0 radical (unpaired) electrons. The molecule has 0 bridgehead atoms. The van der Waals surface area contributed by atoms with Crippen LogP contribution in [0.5, 0.6) is 0 Å². The highest BCUT2D eigenvalue weighted by atomic mass is 32.1. The van der Waals surface area contributed by atoms with E-state index < -0.39 is 0 Å². The third kappa shape index (κ3) is 4.64. The normalized spacial score (nSPS) is 14.8. The Labute approximate surface area is 158 Å². The quantitative estimate of drug-likeness (QED) is 0.674. The number of thiophene rings is 1. The number of hydrogen-bond donors (Lipinski definition) is 3. The third-order valence-electron chi connectivity index (χ3n) is 4.50. The van der Waals surface area contributed by atoms with Crippen LogP contribution in [0.4, 0.5) is 16.2 Å². The van der Waals surface area contributed by atoms with Crippen molar-refractivity contribution in [3.63, 3.8) is 0 Å². The molecule has 1 fully saturated rings. The molecule has 5 nitrogen and oxygen atoms in total. The van der Waals surface area contributed by atoms with Crippen LogP contribution in [-0.2, 0) is 4.79 Å². The molecule has 1 aliphatic carbocycles. The van der Waals surface area contributed by atoms with E-state index >= 15 is 0 Å². The topological polar surface area (TPSA) is 70.2 Å². The molecule has 3 N–H and O–H groups in total. The van der Waals surface area contributed by atoms with Crippen LogP contribution in [0, 0.1) is 18.8 Å². The van der Waals surface area contributed by atoms with Gasteiger partial charge in [0.05, 0.1) is 6.04 Å². The zero-order valence-electron chi connectivity index (χ0n) is 15.3. The number of urea groups is 1. The molecule has 1 heterocycles. The van der Waals surface area contributed by atoms with E-state index in [2.05, 4.69) is 29.8 Å². The van der Waals surface area contributed by atoms with E-state index in [-0.39, 0.29) is 29.8 Å². The van der Waals surface area contributed by atoms with Gasteiger partial charge in [-0.15, -0.1) is 11.3 Å². The Kier molecular flexibility index (Phi) is 5.61. The average Bonchev–Trinajstić information content (AvgIpc) is 3.31. The number of hydrogen-bond acceptors (Lipinski definition) is 3. The third-order valence-corrected chi connectivity index (χ3v) is 5.46. The van der Waals surface area contributed by atoms with Crippen molar-refractivity contribution in [1.82, 2.24) is 5.32 Å². The fraction of sp³-hybridized carbons (Fsp3) is 0.400. The fourth-order valence-electron chi connectivity index (χ4n) is 2.76. The van der Waals surface area contributed by atoms with Gasteiger partial charge in [-0.25, -0.2) is 4.79 Å². The molecular formula is C20H25N3O2S. The highest BCUT2D eigenvalue weighted by Crippen LogP contribution is 2.31. The first-order valence-corrected chi connectivity index (χ1v) is 9.84. The highest BCUT2D eigenvalue weighted by Gasteiger charge is 2.29. The highest BCUT2D eigenvalue weighted by molar-refractivity contribution is 7.10. The van der Waals surface area contributed by atoms with Crippen LogP contribution >= 0.6 is 11.3 Å². The van der Waals surface area contributed by atoms with Gasteiger partial charge in [-0.3, -0.25) is 4.79 Å². The molecule has 6 heteroatoms. The Bertz CT molecular complexity index is 782. The van der Waals surface area contributed by atoms with Crippen molar-refractivity contribution >= 4 is 34.6 Å². The number of nitrogens with one attached hydrogen (secondary N) is 3. The van der Waals surface area contributed by atoms with Gasteiger partial charge in [0.25, 0.3) is 0 Å². The van der Waals surface area contributed by atoms with Gasteiger partial charge in [0, 0.05) is 22.2 Å². The van der Waals surface area contributed by atoms with E-state index in [1.807, 2.05) is 42.6 Å². The predicted molar refractivity (Wildman–Crippen MR) is 107 cm³/mol. The molecule has 1 aromatic heterocycles. The monoisotopic (exact) mass is 371 g/mol. The van der Waals surface area contributed by atoms with Gasteiger partial charge in [-0.1, -0.05) is 26.0 Å². The summed E-state index contributed by atoms with van der Waals surface area (Å²) < 4.78 is 0. The summed E-state index contributed by atoms with van der Waals surface area (Å²) in [4.78, 5) is 25.6. The van der Waals surface area contributed by atoms with Gasteiger partial charge in [-0.05, 0) is 54.8 Å². The van der Waals surface area contributed by atoms with E-state index in [0.29, 0.717) is 11.4 Å². The molecule has 0 aliphatic heterocycles. The number of benzene rings is 1. The Morgan fingerprint density at radius 3 is 2.54 bits per heavy atom. The zero-order valence-corrected chi connectivity index (χ0v) is 16.2. The van der Waals surface area contributed by atoms with Crippen molar-refractivity contribution in [2.45, 2.75) is 39.7 Å². The van der Waals surface area contributed by atoms with Crippen molar-refractivity contribution in [3.8, 4) is 0 Å². The van der Waals surface area contributed by atoms with Crippen LogP contribution in [0.2, 0.25) is 0 Å². The van der Waals surface area contributed by atoms with Crippen LogP contribution in [0.25, 0.3) is 0 Å². The Morgan fingerprint density at radius 1 is 1.15 bits per heavy atom. The first kappa shape index (κ1) is 18.5. The largest absolute Gasteiger partial charge is 0.330 e. The van der Waals surface area contributed by atoms with Gasteiger partial charge in [0.1, 0.15) is 0 Å². The van der Waals surface area contributed by atoms with Gasteiger partial charge in [-0.2, -0.15) is 0 Å². The van der Waals surface area contributed by atoms with Crippen LogP contribution in [0.1, 0.15) is 43.2 Å². The summed E-state index contributed by atoms with van der Waals surface area (Å²) in [6.07, 6.45) is 1.93. The fourth-order valence-corrected chi connectivity index (χ4v) is 3.71. The molecule has 0 saturated heterocycles. The second kappa shape index (κ2) is 7.91. The second-order valence-corrected chi connectivity index (χ2v) is 8.11. The van der Waals surface area contributed by atoms with Crippen LogP contribution in [0.15, 0.2) is 35.7 Å². The molecule has 138 valence electrons. The molecule has 1 atom stereocenters. The molecule has 0 spiro atoms. The summed E-state index contributed by atoms with van der Waals surface area (Å²) in [5, 5.41) is 10.9. The van der Waals surface area contributed by atoms with Crippen molar-refractivity contribution in [3.05, 3.63) is 46.2 Å². The standard InChI is InChI=1S/C20H25N3O2S/c1-12(2)18(17-5-4-10-26-17)23-20(25)22-16-11-15(9-6-13(16)3)21-19(24)14-7-8-14/h4-6,9-12,14,18H,7-8H2,1-3H3,(H,21,24)(H2,22,23,25). The molecule has 1 unspecified atom stereocenters. The number of carbonyl (C=O) groups excluding carboxylic acids is 2. The van der Waals surface area contributed by atoms with E-state index in [1.165, 1.54) is 0 Å². The van der Waals surface area contributed by atoms with Crippen molar-refractivity contribution in [2.75, 3.05) is 10.6 Å². The Balaban J connectivity index is 1.66. The minimum Gasteiger partial charge on any atom is -0.330 e. The number of carbonyl (C=O) groups is 2. The number of amides is 3. The lowest BCUT2D eigenvalue weighted by Gasteiger charge is -2.22. The summed E-state index contributed by atoms with van der Waals surface area (Å²) >= 11 is 1.64. The minimum absolute atomic E-state index is 0.0342. The number of anilines is 2. The van der Waals surface area contributed by atoms with E-state index in [0.717, 1.165) is 23.3 Å². The summed E-state index contributed by atoms with van der Waals surface area (Å²) in [5.41, 5.74) is 2.35. The smallest absolute Gasteiger partial charge is 0.319 e. The average molecular weight is 372 g/mol. The van der Waals surface area contributed by atoms with Gasteiger partial charge < -0.3 is 16.0 Å². The zero-order chi connectivity index (χ0) is 18.7. The molecule has 26 heavy (non-hydrogen) atoms. The van der Waals surface area contributed by atoms with Gasteiger partial charge >= 0.3 is 6.03 Å². The molecule has 3 amide bonds. The van der Waals surface area contributed by atoms with Crippen molar-refractivity contribution < 1.29 is 9.59 Å². The maximum absolute atomic E-state index is 12.5. The molecule has 2 aromatic rings. The first-order chi connectivity index (χ1) is 12.4. The molecule has 1 saturated carbocycles. The lowest BCUT2D eigenvalue weighted by Crippen LogP contribution is -2.34. The number of aryl methyl sites for hydroxylation is 1. The van der Waals surface area contributed by atoms with Crippen LogP contribution < -0.4 is 16.0 Å². The lowest BCUT2D eigenvalue weighted by atomic mass is 10.0. The minimum atomic E-state index is -0.245. The maximum atomic E-state index is 12.5. The van der Waals surface area contributed by atoms with E-state index in [9.17, 15) is 9.59 Å². The molecule has 1 aromatic carbocycles. The summed E-state index contributed by atoms with van der Waals surface area (Å²) in [5.74, 6) is 0.486. The SMILES string of the molecule is Cc1ccc(NC(=O)C2CC2)cc1NC(=O)NC(c1cccs1)C(C)C. The van der Waals surface area contributed by atoms with Crippen molar-refractivity contribution in [2.24, 2.45) is 11.8 Å². The van der Waals surface area contributed by atoms with Crippen LogP contribution in [0.3, 0.4) is 0 Å². The van der Waals surface area contributed by atoms with E-state index in [1.54, 1.807) is 11.3 Å². The maximum Gasteiger partial charge on any atom is 0.319 e. The lowest BCUT2D eigenvalue weighted by molar-refractivity contribution is -0.117. The van der Waals surface area contributed by atoms with E-state index in [4.69, 9.17) is 0 Å². The molecular weight excluding hydrogens is 346 g/mol. The summed E-state index contributed by atoms with van der Waals surface area (Å²) in [7, 11) is 0. The van der Waals surface area contributed by atoms with Gasteiger partial charge in [0.15, 0.2) is 0 Å². The second-order valence-electron chi connectivity index (χ2n) is 7.13. The summed E-state index contributed by atoms with van der Waals surface area (Å²) in [6, 6.07) is 9.32. The van der Waals surface area contributed by atoms with Gasteiger partial charge in [0.2, 0.25) is 5.91 Å². The number of rotatable bonds is 6. The van der Waals surface area contributed by atoms with Crippen molar-refractivity contribution in [1.29, 1.82) is 0 Å². The molecule has 3 rings (SSSR count). The first-order valence-electron chi connectivity index (χ1n) is 8.96. The predicted octanol–water partition coefficient (Wildman–Crippen LogP) is 4.92. The van der Waals surface area contributed by atoms with Crippen LogP contribution in [-0.4, -0.2) is 11.9 Å². The Hall–Kier alpha value is -2.34. The summed E-state index contributed by atoms with van der Waals surface area (Å²) in [6.45, 7) is 6.11.